The van der Waals surface area contributed by atoms with E-state index >= 15 is 0 Å². The zero-order valence-corrected chi connectivity index (χ0v) is 8.01. The van der Waals surface area contributed by atoms with E-state index in [0.29, 0.717) is 5.69 Å². The fraction of sp³-hybridized carbons (Fsp3) is 0.429. The molecular formula is C7H10ClF2N3O. The van der Waals surface area contributed by atoms with Gasteiger partial charge in [0.15, 0.2) is 0 Å². The third-order valence-corrected chi connectivity index (χ3v) is 1.38. The van der Waals surface area contributed by atoms with Gasteiger partial charge < -0.3 is 5.73 Å². The van der Waals surface area contributed by atoms with Gasteiger partial charge in [-0.2, -0.15) is 5.10 Å². The van der Waals surface area contributed by atoms with Crippen molar-refractivity contribution in [2.45, 2.75) is 19.4 Å². The summed E-state index contributed by atoms with van der Waals surface area (Å²) in [7, 11) is 0. The molecule has 0 aliphatic heterocycles. The van der Waals surface area contributed by atoms with Crippen LogP contribution >= 0.6 is 12.4 Å². The molecule has 1 aromatic rings. The van der Waals surface area contributed by atoms with Crippen molar-refractivity contribution in [3.8, 4) is 0 Å². The van der Waals surface area contributed by atoms with Crippen molar-refractivity contribution in [3.05, 3.63) is 18.0 Å². The molecule has 14 heavy (non-hydrogen) atoms. The number of amides is 1. The highest BCUT2D eigenvalue weighted by atomic mass is 35.5. The van der Waals surface area contributed by atoms with Crippen molar-refractivity contribution in [3.63, 3.8) is 0 Å². The lowest BCUT2D eigenvalue weighted by molar-refractivity contribution is -0.117. The van der Waals surface area contributed by atoms with Crippen molar-refractivity contribution < 1.29 is 13.6 Å². The molecule has 1 aromatic heterocycles. The van der Waals surface area contributed by atoms with E-state index in [4.69, 9.17) is 5.73 Å². The Morgan fingerprint density at radius 2 is 2.29 bits per heavy atom. The number of alkyl halides is 2. The molecule has 4 nitrogen and oxygen atoms in total. The average Bonchev–Trinajstić information content (AvgIpc) is 2.33. The molecule has 0 fully saturated rings. The molecule has 0 radical (unpaired) electrons. The van der Waals surface area contributed by atoms with Crippen LogP contribution in [0.1, 0.15) is 5.69 Å². The first-order valence-electron chi connectivity index (χ1n) is 3.66. The maximum absolute atomic E-state index is 11.8. The molecule has 1 heterocycles. The van der Waals surface area contributed by atoms with Crippen LogP contribution in [0.2, 0.25) is 0 Å². The van der Waals surface area contributed by atoms with Gasteiger partial charge in [0.25, 0.3) is 6.43 Å². The summed E-state index contributed by atoms with van der Waals surface area (Å²) in [5.74, 6) is -0.526. The van der Waals surface area contributed by atoms with Crippen molar-refractivity contribution in [2.24, 2.45) is 5.73 Å². The summed E-state index contributed by atoms with van der Waals surface area (Å²) < 4.78 is 24.8. The highest BCUT2D eigenvalue weighted by molar-refractivity contribution is 5.85. The van der Waals surface area contributed by atoms with Gasteiger partial charge in [-0.15, -0.1) is 12.4 Å². The highest BCUT2D eigenvalue weighted by Gasteiger charge is 2.06. The summed E-state index contributed by atoms with van der Waals surface area (Å²) >= 11 is 0. The highest BCUT2D eigenvalue weighted by Crippen LogP contribution is 2.00. The van der Waals surface area contributed by atoms with Crippen LogP contribution < -0.4 is 5.73 Å². The topological polar surface area (TPSA) is 60.9 Å². The van der Waals surface area contributed by atoms with Crippen LogP contribution in [0.25, 0.3) is 0 Å². The van der Waals surface area contributed by atoms with E-state index in [-0.39, 0.29) is 18.8 Å². The predicted molar refractivity (Wildman–Crippen MR) is 48.4 cm³/mol. The van der Waals surface area contributed by atoms with E-state index in [9.17, 15) is 13.6 Å². The lowest BCUT2D eigenvalue weighted by atomic mass is 10.3. The molecule has 7 heteroatoms. The van der Waals surface area contributed by atoms with Gasteiger partial charge in [0.1, 0.15) is 6.54 Å². The van der Waals surface area contributed by atoms with Gasteiger partial charge in [-0.05, 0) is 6.07 Å². The lowest BCUT2D eigenvalue weighted by Crippen LogP contribution is -2.14. The first-order chi connectivity index (χ1) is 6.08. The van der Waals surface area contributed by atoms with E-state index in [2.05, 4.69) is 5.10 Å². The molecule has 0 atom stereocenters. The third-order valence-electron chi connectivity index (χ3n) is 1.38. The number of carbonyl (C=O) groups excluding carboxylic acids is 1. The number of aromatic nitrogens is 2. The molecule has 0 unspecified atom stereocenters. The van der Waals surface area contributed by atoms with Crippen LogP contribution in [0.3, 0.4) is 0 Å². The van der Waals surface area contributed by atoms with E-state index in [0.717, 1.165) is 4.68 Å². The fourth-order valence-corrected chi connectivity index (χ4v) is 0.920. The zero-order chi connectivity index (χ0) is 9.84. The zero-order valence-electron chi connectivity index (χ0n) is 7.19. The van der Waals surface area contributed by atoms with Gasteiger partial charge in [-0.25, -0.2) is 8.78 Å². The van der Waals surface area contributed by atoms with Crippen molar-refractivity contribution >= 4 is 18.3 Å². The summed E-state index contributed by atoms with van der Waals surface area (Å²) in [4.78, 5) is 10.4. The van der Waals surface area contributed by atoms with E-state index < -0.39 is 18.9 Å². The predicted octanol–water partition coefficient (Wildman–Crippen LogP) is 0.598. The first-order valence-corrected chi connectivity index (χ1v) is 3.66. The minimum atomic E-state index is -2.44. The third kappa shape index (κ3) is 4.18. The Hall–Kier alpha value is -1.17. The van der Waals surface area contributed by atoms with E-state index in [1.165, 1.54) is 12.3 Å². The minimum Gasteiger partial charge on any atom is -0.369 e. The molecule has 0 spiro atoms. The normalized spacial score (nSPS) is 9.93. The van der Waals surface area contributed by atoms with Gasteiger partial charge in [0, 0.05) is 6.20 Å². The van der Waals surface area contributed by atoms with Crippen LogP contribution in [0, 0.1) is 0 Å². The van der Waals surface area contributed by atoms with Gasteiger partial charge in [0.05, 0.1) is 12.1 Å². The number of carbonyl (C=O) groups is 1. The van der Waals surface area contributed by atoms with Crippen LogP contribution in [-0.4, -0.2) is 22.1 Å². The maximum Gasteiger partial charge on any atom is 0.257 e. The van der Waals surface area contributed by atoms with Crippen molar-refractivity contribution in [2.75, 3.05) is 0 Å². The summed E-state index contributed by atoms with van der Waals surface area (Å²) in [6.45, 7) is -0.460. The molecule has 80 valence electrons. The molecule has 0 bridgehead atoms. The van der Waals surface area contributed by atoms with Crippen LogP contribution in [0.15, 0.2) is 12.3 Å². The molecule has 0 saturated carbocycles. The molecule has 0 saturated heterocycles. The van der Waals surface area contributed by atoms with Crippen molar-refractivity contribution in [1.29, 1.82) is 0 Å². The van der Waals surface area contributed by atoms with Crippen molar-refractivity contribution in [1.82, 2.24) is 9.78 Å². The van der Waals surface area contributed by atoms with Crippen LogP contribution in [0.4, 0.5) is 8.78 Å². The lowest BCUT2D eigenvalue weighted by Gasteiger charge is -1.98. The molecule has 0 aliphatic carbocycles. The summed E-state index contributed by atoms with van der Waals surface area (Å²) in [5, 5.41) is 3.73. The number of primary amides is 1. The second-order valence-electron chi connectivity index (χ2n) is 2.56. The van der Waals surface area contributed by atoms with Gasteiger partial charge in [0.2, 0.25) is 5.91 Å². The standard InChI is InChI=1S/C7H9F2N3O.ClH/c8-6(9)4-12-2-1-5(11-12)3-7(10)13;/h1-2,6H,3-4H2,(H2,10,13);1H. The summed E-state index contributed by atoms with van der Waals surface area (Å²) in [6.07, 6.45) is -1.07. The smallest absolute Gasteiger partial charge is 0.257 e. The van der Waals surface area contributed by atoms with Gasteiger partial charge in [-0.3, -0.25) is 9.48 Å². The quantitative estimate of drug-likeness (QED) is 0.816. The van der Waals surface area contributed by atoms with Crippen LogP contribution in [-0.2, 0) is 17.8 Å². The number of hydrogen-bond acceptors (Lipinski definition) is 2. The largest absolute Gasteiger partial charge is 0.369 e. The van der Waals surface area contributed by atoms with Gasteiger partial charge in [-0.1, -0.05) is 0 Å². The second kappa shape index (κ2) is 5.54. The minimum absolute atomic E-state index is 0. The molecule has 0 aliphatic rings. The Balaban J connectivity index is 0.00000169. The van der Waals surface area contributed by atoms with E-state index in [1.54, 1.807) is 0 Å². The van der Waals surface area contributed by atoms with Crippen LogP contribution in [0.5, 0.6) is 0 Å². The Morgan fingerprint density at radius 1 is 1.64 bits per heavy atom. The SMILES string of the molecule is Cl.NC(=O)Cc1ccn(CC(F)F)n1. The number of rotatable bonds is 4. The fourth-order valence-electron chi connectivity index (χ4n) is 0.920. The first kappa shape index (κ1) is 12.8. The number of nitrogens with zero attached hydrogens (tertiary/aromatic N) is 2. The molecule has 1 amide bonds. The van der Waals surface area contributed by atoms with E-state index in [1.807, 2.05) is 0 Å². The average molecular weight is 226 g/mol. The molecule has 1 rings (SSSR count). The Morgan fingerprint density at radius 3 is 2.79 bits per heavy atom. The summed E-state index contributed by atoms with van der Waals surface area (Å²) in [5.41, 5.74) is 5.31. The molecule has 0 aromatic carbocycles. The molecular weight excluding hydrogens is 216 g/mol. The number of halogens is 3. The Bertz CT molecular complexity index is 303. The second-order valence-corrected chi connectivity index (χ2v) is 2.56. The maximum atomic E-state index is 11.8. The number of nitrogens with two attached hydrogens (primary N) is 1. The summed E-state index contributed by atoms with van der Waals surface area (Å²) in [6, 6.07) is 1.49. The van der Waals surface area contributed by atoms with Gasteiger partial charge >= 0.3 is 0 Å². The molecule has 2 N–H and O–H groups in total. The monoisotopic (exact) mass is 225 g/mol. The Labute approximate surface area is 85.5 Å². The number of hydrogen-bond donors (Lipinski definition) is 1. The Kier molecular flexibility index (Phi) is 5.07.